The van der Waals surface area contributed by atoms with Gasteiger partial charge in [-0.25, -0.2) is 9.97 Å². The van der Waals surface area contributed by atoms with Gasteiger partial charge in [-0.3, -0.25) is 9.55 Å². The van der Waals surface area contributed by atoms with Gasteiger partial charge in [-0.05, 0) is 51.3 Å². The minimum Gasteiger partial charge on any atom is -0.303 e. The zero-order valence-electron chi connectivity index (χ0n) is 16.0. The summed E-state index contributed by atoms with van der Waals surface area (Å²) in [5, 5.41) is 0. The van der Waals surface area contributed by atoms with Crippen LogP contribution in [0.15, 0.2) is 55.1 Å². The van der Waals surface area contributed by atoms with E-state index in [-0.39, 0.29) is 0 Å². The van der Waals surface area contributed by atoms with Crippen molar-refractivity contribution in [1.82, 2.24) is 24.4 Å². The SMILES string of the molecule is Cc1nccn1-c1nccnc1[C@@H]1CCCN(CCCc2ccccc2)C1. The maximum atomic E-state index is 4.72. The van der Waals surface area contributed by atoms with E-state index < -0.39 is 0 Å². The van der Waals surface area contributed by atoms with Crippen LogP contribution in [0.1, 0.15) is 42.3 Å². The summed E-state index contributed by atoms with van der Waals surface area (Å²) < 4.78 is 2.05. The molecule has 0 saturated carbocycles. The molecule has 0 aliphatic carbocycles. The molecule has 1 aromatic carbocycles. The summed E-state index contributed by atoms with van der Waals surface area (Å²) in [6.07, 6.45) is 12.1. The number of rotatable bonds is 6. The molecule has 4 rings (SSSR count). The lowest BCUT2D eigenvalue weighted by Gasteiger charge is -2.33. The van der Waals surface area contributed by atoms with Gasteiger partial charge >= 0.3 is 0 Å². The zero-order valence-corrected chi connectivity index (χ0v) is 16.0. The van der Waals surface area contributed by atoms with Crippen LogP contribution >= 0.6 is 0 Å². The van der Waals surface area contributed by atoms with Crippen molar-refractivity contribution in [2.24, 2.45) is 0 Å². The molecule has 3 heterocycles. The Balaban J connectivity index is 1.42. The predicted molar refractivity (Wildman–Crippen MR) is 107 cm³/mol. The van der Waals surface area contributed by atoms with Crippen molar-refractivity contribution in [3.8, 4) is 5.82 Å². The average Bonchev–Trinajstić information content (AvgIpc) is 3.15. The molecule has 0 radical (unpaired) electrons. The van der Waals surface area contributed by atoms with Gasteiger partial charge in [-0.2, -0.15) is 0 Å². The first-order chi connectivity index (χ1) is 13.3. The molecule has 0 N–H and O–H groups in total. The Morgan fingerprint density at radius 1 is 1.04 bits per heavy atom. The van der Waals surface area contributed by atoms with Crippen molar-refractivity contribution in [3.63, 3.8) is 0 Å². The largest absolute Gasteiger partial charge is 0.303 e. The molecular formula is C22H27N5. The van der Waals surface area contributed by atoms with E-state index in [4.69, 9.17) is 4.98 Å². The third-order valence-electron chi connectivity index (χ3n) is 5.43. The van der Waals surface area contributed by atoms with E-state index in [1.807, 2.05) is 25.5 Å². The monoisotopic (exact) mass is 361 g/mol. The van der Waals surface area contributed by atoms with Gasteiger partial charge in [-0.1, -0.05) is 30.3 Å². The Bertz CT molecular complexity index is 858. The number of hydrogen-bond acceptors (Lipinski definition) is 4. The number of imidazole rings is 1. The standard InChI is InChI=1S/C22H27N5/c1-18-23-13-16-27(18)22-21(24-11-12-25-22)20-10-6-15-26(17-20)14-5-9-19-7-3-2-4-8-19/h2-4,7-8,11-13,16,20H,5-6,9-10,14-15,17H2,1H3/t20-/m1/s1. The summed E-state index contributed by atoms with van der Waals surface area (Å²) in [6.45, 7) is 5.40. The Hall–Kier alpha value is -2.53. The molecule has 27 heavy (non-hydrogen) atoms. The summed E-state index contributed by atoms with van der Waals surface area (Å²) in [6, 6.07) is 10.8. The van der Waals surface area contributed by atoms with Gasteiger partial charge in [0.1, 0.15) is 5.82 Å². The highest BCUT2D eigenvalue weighted by Gasteiger charge is 2.25. The van der Waals surface area contributed by atoms with Gasteiger partial charge in [0.15, 0.2) is 5.82 Å². The number of hydrogen-bond donors (Lipinski definition) is 0. The molecule has 0 amide bonds. The van der Waals surface area contributed by atoms with E-state index in [2.05, 4.69) is 49.8 Å². The van der Waals surface area contributed by atoms with E-state index in [0.29, 0.717) is 5.92 Å². The molecule has 140 valence electrons. The smallest absolute Gasteiger partial charge is 0.160 e. The number of likely N-dealkylation sites (tertiary alicyclic amines) is 1. The second-order valence-corrected chi connectivity index (χ2v) is 7.34. The van der Waals surface area contributed by atoms with Gasteiger partial charge in [0.25, 0.3) is 0 Å². The topological polar surface area (TPSA) is 46.8 Å². The van der Waals surface area contributed by atoms with Crippen LogP contribution in [-0.2, 0) is 6.42 Å². The third-order valence-corrected chi connectivity index (χ3v) is 5.43. The zero-order chi connectivity index (χ0) is 18.5. The molecule has 1 atom stereocenters. The number of nitrogens with zero attached hydrogens (tertiary/aromatic N) is 5. The minimum absolute atomic E-state index is 0.431. The van der Waals surface area contributed by atoms with Crippen molar-refractivity contribution >= 4 is 0 Å². The van der Waals surface area contributed by atoms with Crippen LogP contribution in [-0.4, -0.2) is 44.1 Å². The molecular weight excluding hydrogens is 334 g/mol. The highest BCUT2D eigenvalue weighted by Crippen LogP contribution is 2.29. The first-order valence-electron chi connectivity index (χ1n) is 9.89. The van der Waals surface area contributed by atoms with Crippen molar-refractivity contribution < 1.29 is 0 Å². The van der Waals surface area contributed by atoms with Crippen LogP contribution in [0, 0.1) is 6.92 Å². The number of aryl methyl sites for hydroxylation is 2. The van der Waals surface area contributed by atoms with Crippen LogP contribution in [0.4, 0.5) is 0 Å². The predicted octanol–water partition coefficient (Wildman–Crippen LogP) is 3.78. The lowest BCUT2D eigenvalue weighted by Crippen LogP contribution is -2.36. The molecule has 1 aliphatic rings. The fraction of sp³-hybridized carbons (Fsp3) is 0.409. The second-order valence-electron chi connectivity index (χ2n) is 7.34. The maximum absolute atomic E-state index is 4.72. The Morgan fingerprint density at radius 2 is 1.89 bits per heavy atom. The number of aromatic nitrogens is 4. The van der Waals surface area contributed by atoms with E-state index >= 15 is 0 Å². The Morgan fingerprint density at radius 3 is 2.70 bits per heavy atom. The van der Waals surface area contributed by atoms with Gasteiger partial charge in [-0.15, -0.1) is 0 Å². The molecule has 3 aromatic rings. The average molecular weight is 361 g/mol. The van der Waals surface area contributed by atoms with Gasteiger partial charge in [0.2, 0.25) is 0 Å². The highest BCUT2D eigenvalue weighted by atomic mass is 15.2. The third kappa shape index (κ3) is 4.25. The first-order valence-corrected chi connectivity index (χ1v) is 9.89. The molecule has 2 aromatic heterocycles. The van der Waals surface area contributed by atoms with E-state index in [9.17, 15) is 0 Å². The quantitative estimate of drug-likeness (QED) is 0.670. The van der Waals surface area contributed by atoms with Gasteiger partial charge < -0.3 is 4.90 Å². The lowest BCUT2D eigenvalue weighted by atomic mass is 9.94. The summed E-state index contributed by atoms with van der Waals surface area (Å²) in [7, 11) is 0. The van der Waals surface area contributed by atoms with Crippen LogP contribution in [0.5, 0.6) is 0 Å². The van der Waals surface area contributed by atoms with Crippen LogP contribution < -0.4 is 0 Å². The maximum Gasteiger partial charge on any atom is 0.160 e. The van der Waals surface area contributed by atoms with Crippen LogP contribution in [0.25, 0.3) is 5.82 Å². The van der Waals surface area contributed by atoms with Crippen molar-refractivity contribution in [2.75, 3.05) is 19.6 Å². The molecule has 5 nitrogen and oxygen atoms in total. The van der Waals surface area contributed by atoms with Crippen molar-refractivity contribution in [3.05, 3.63) is 72.2 Å². The normalized spacial score (nSPS) is 17.9. The summed E-state index contributed by atoms with van der Waals surface area (Å²) in [5.74, 6) is 2.32. The summed E-state index contributed by atoms with van der Waals surface area (Å²) in [4.78, 5) is 16.3. The molecule has 1 saturated heterocycles. The minimum atomic E-state index is 0.431. The highest BCUT2D eigenvalue weighted by molar-refractivity contribution is 5.33. The summed E-state index contributed by atoms with van der Waals surface area (Å²) >= 11 is 0. The van der Waals surface area contributed by atoms with Crippen molar-refractivity contribution in [2.45, 2.75) is 38.5 Å². The molecule has 5 heteroatoms. The Kier molecular flexibility index (Phi) is 5.58. The molecule has 0 bridgehead atoms. The van der Waals surface area contributed by atoms with Crippen LogP contribution in [0.3, 0.4) is 0 Å². The van der Waals surface area contributed by atoms with E-state index in [1.165, 1.54) is 31.4 Å². The second kappa shape index (κ2) is 8.44. The van der Waals surface area contributed by atoms with Gasteiger partial charge in [0.05, 0.1) is 5.69 Å². The number of benzene rings is 1. The fourth-order valence-electron chi connectivity index (χ4n) is 4.05. The Labute approximate surface area is 161 Å². The van der Waals surface area contributed by atoms with Gasteiger partial charge in [0, 0.05) is 37.3 Å². The lowest BCUT2D eigenvalue weighted by molar-refractivity contribution is 0.204. The van der Waals surface area contributed by atoms with Crippen LogP contribution in [0.2, 0.25) is 0 Å². The summed E-state index contributed by atoms with van der Waals surface area (Å²) in [5.41, 5.74) is 2.53. The molecule has 0 unspecified atom stereocenters. The molecule has 0 spiro atoms. The fourth-order valence-corrected chi connectivity index (χ4v) is 4.05. The number of piperidine rings is 1. The molecule has 1 aliphatic heterocycles. The first kappa shape index (κ1) is 17.9. The van der Waals surface area contributed by atoms with E-state index in [0.717, 1.165) is 36.8 Å². The molecule has 1 fully saturated rings. The van der Waals surface area contributed by atoms with E-state index in [1.54, 1.807) is 6.20 Å². The van der Waals surface area contributed by atoms with Crippen molar-refractivity contribution in [1.29, 1.82) is 0 Å².